The van der Waals surface area contributed by atoms with Gasteiger partial charge in [-0.25, -0.2) is 0 Å². The summed E-state index contributed by atoms with van der Waals surface area (Å²) in [6.45, 7) is 2.99. The summed E-state index contributed by atoms with van der Waals surface area (Å²) in [6, 6.07) is 33.0. The molecule has 40 heavy (non-hydrogen) atoms. The molecule has 6 nitrogen and oxygen atoms in total. The SMILES string of the molecule is O=C(CSc1nnc(-c2cccs2)n1-c1ccccc1Cl)N1CCN(C(c2ccccc2)c2ccccc2)CC1. The Morgan fingerprint density at radius 3 is 2.10 bits per heavy atom. The number of para-hydroxylation sites is 1. The van der Waals surface area contributed by atoms with Gasteiger partial charge in [-0.1, -0.05) is 102 Å². The van der Waals surface area contributed by atoms with E-state index >= 15 is 0 Å². The summed E-state index contributed by atoms with van der Waals surface area (Å²) >= 11 is 9.57. The van der Waals surface area contributed by atoms with Crippen molar-refractivity contribution in [1.29, 1.82) is 0 Å². The minimum absolute atomic E-state index is 0.104. The number of carbonyl (C=O) groups excluding carboxylic acids is 1. The quantitative estimate of drug-likeness (QED) is 0.190. The molecule has 1 aliphatic heterocycles. The molecule has 2 aromatic heterocycles. The van der Waals surface area contributed by atoms with Crippen LogP contribution in [0.15, 0.2) is 108 Å². The fraction of sp³-hybridized carbons (Fsp3) is 0.194. The highest BCUT2D eigenvalue weighted by Crippen LogP contribution is 2.34. The molecule has 0 bridgehead atoms. The fourth-order valence-corrected chi connectivity index (χ4v) is 6.88. The Bertz CT molecular complexity index is 1510. The number of nitrogens with zero attached hydrogens (tertiary/aromatic N) is 5. The zero-order valence-corrected chi connectivity index (χ0v) is 24.2. The van der Waals surface area contributed by atoms with Gasteiger partial charge < -0.3 is 4.90 Å². The van der Waals surface area contributed by atoms with E-state index in [1.165, 1.54) is 22.9 Å². The van der Waals surface area contributed by atoms with Crippen molar-refractivity contribution >= 4 is 40.6 Å². The van der Waals surface area contributed by atoms with Crippen molar-refractivity contribution in [2.75, 3.05) is 31.9 Å². The number of carbonyl (C=O) groups is 1. The smallest absolute Gasteiger partial charge is 0.233 e. The zero-order valence-electron chi connectivity index (χ0n) is 21.8. The number of thioether (sulfide) groups is 1. The first-order valence-corrected chi connectivity index (χ1v) is 15.4. The van der Waals surface area contributed by atoms with E-state index < -0.39 is 0 Å². The van der Waals surface area contributed by atoms with Crippen molar-refractivity contribution in [3.8, 4) is 16.4 Å². The van der Waals surface area contributed by atoms with Gasteiger partial charge in [0.2, 0.25) is 5.91 Å². The van der Waals surface area contributed by atoms with Crippen LogP contribution in [0.2, 0.25) is 5.02 Å². The first-order valence-electron chi connectivity index (χ1n) is 13.2. The van der Waals surface area contributed by atoms with Crippen LogP contribution in [0.1, 0.15) is 17.2 Å². The normalized spacial score (nSPS) is 14.1. The molecule has 9 heteroatoms. The van der Waals surface area contributed by atoms with Gasteiger partial charge in [0, 0.05) is 26.2 Å². The minimum atomic E-state index is 0.104. The number of hydrogen-bond donors (Lipinski definition) is 0. The lowest BCUT2D eigenvalue weighted by molar-refractivity contribution is -0.130. The predicted molar refractivity (Wildman–Crippen MR) is 163 cm³/mol. The molecule has 0 unspecified atom stereocenters. The van der Waals surface area contributed by atoms with Gasteiger partial charge in [0.1, 0.15) is 0 Å². The van der Waals surface area contributed by atoms with Gasteiger partial charge in [-0.2, -0.15) is 0 Å². The second-order valence-corrected chi connectivity index (χ2v) is 11.8. The average Bonchev–Trinajstić information content (AvgIpc) is 3.68. The third-order valence-electron chi connectivity index (χ3n) is 7.06. The molecular formula is C31H28ClN5OS2. The highest BCUT2D eigenvalue weighted by Gasteiger charge is 2.28. The van der Waals surface area contributed by atoms with Crippen LogP contribution in [0.3, 0.4) is 0 Å². The Morgan fingerprint density at radius 2 is 1.48 bits per heavy atom. The summed E-state index contributed by atoms with van der Waals surface area (Å²) < 4.78 is 1.95. The molecule has 202 valence electrons. The number of hydrogen-bond acceptors (Lipinski definition) is 6. The van der Waals surface area contributed by atoms with Gasteiger partial charge in [0.25, 0.3) is 0 Å². The van der Waals surface area contributed by atoms with Crippen LogP contribution in [0, 0.1) is 0 Å². The Labute approximate surface area is 247 Å². The standard InChI is InChI=1S/C31H28ClN5OS2/c32-25-14-7-8-15-26(25)37-30(27-16-9-21-39-27)33-34-31(37)40-22-28(38)35-17-19-36(20-18-35)29(23-10-3-1-4-11-23)24-12-5-2-6-13-24/h1-16,21,29H,17-20,22H2. The van der Waals surface area contributed by atoms with E-state index in [1.54, 1.807) is 11.3 Å². The van der Waals surface area contributed by atoms with E-state index in [0.29, 0.717) is 23.3 Å². The van der Waals surface area contributed by atoms with E-state index in [1.807, 2.05) is 51.2 Å². The molecule has 0 saturated carbocycles. The third kappa shape index (κ3) is 5.71. The lowest BCUT2D eigenvalue weighted by Crippen LogP contribution is -2.50. The Kier molecular flexibility index (Phi) is 8.29. The summed E-state index contributed by atoms with van der Waals surface area (Å²) in [5.41, 5.74) is 3.34. The number of amides is 1. The molecule has 5 aromatic rings. The summed E-state index contributed by atoms with van der Waals surface area (Å²) in [5.74, 6) is 1.11. The van der Waals surface area contributed by atoms with Crippen molar-refractivity contribution in [2.24, 2.45) is 0 Å². The molecule has 0 aliphatic carbocycles. The lowest BCUT2D eigenvalue weighted by Gasteiger charge is -2.39. The van der Waals surface area contributed by atoms with E-state index in [0.717, 1.165) is 29.5 Å². The van der Waals surface area contributed by atoms with Gasteiger partial charge >= 0.3 is 0 Å². The van der Waals surface area contributed by atoms with Gasteiger partial charge in [-0.3, -0.25) is 14.3 Å². The molecule has 1 amide bonds. The van der Waals surface area contributed by atoms with Crippen LogP contribution in [0.5, 0.6) is 0 Å². The van der Waals surface area contributed by atoms with Crippen LogP contribution in [0.4, 0.5) is 0 Å². The van der Waals surface area contributed by atoms with Crippen LogP contribution in [-0.4, -0.2) is 62.4 Å². The van der Waals surface area contributed by atoms with Crippen LogP contribution < -0.4 is 0 Å². The van der Waals surface area contributed by atoms with Gasteiger partial charge in [-0.05, 0) is 34.7 Å². The van der Waals surface area contributed by atoms with Gasteiger partial charge in [0.15, 0.2) is 11.0 Å². The number of aromatic nitrogens is 3. The predicted octanol–water partition coefficient (Wildman–Crippen LogP) is 6.68. The second kappa shape index (κ2) is 12.4. The average molecular weight is 586 g/mol. The van der Waals surface area contributed by atoms with E-state index in [-0.39, 0.29) is 17.7 Å². The number of piperazine rings is 1. The minimum Gasteiger partial charge on any atom is -0.339 e. The second-order valence-electron chi connectivity index (χ2n) is 9.50. The van der Waals surface area contributed by atoms with Crippen molar-refractivity contribution < 1.29 is 4.79 Å². The molecule has 6 rings (SSSR count). The maximum atomic E-state index is 13.3. The fourth-order valence-electron chi connectivity index (χ4n) is 5.11. The number of thiophene rings is 1. The summed E-state index contributed by atoms with van der Waals surface area (Å²) in [4.78, 5) is 18.8. The highest BCUT2D eigenvalue weighted by atomic mass is 35.5. The Morgan fingerprint density at radius 1 is 0.825 bits per heavy atom. The molecule has 3 aromatic carbocycles. The molecule has 1 fully saturated rings. The van der Waals surface area contributed by atoms with Crippen molar-refractivity contribution in [3.63, 3.8) is 0 Å². The molecule has 1 saturated heterocycles. The lowest BCUT2D eigenvalue weighted by atomic mass is 9.96. The zero-order chi connectivity index (χ0) is 27.3. The first kappa shape index (κ1) is 26.8. The summed E-state index contributed by atoms with van der Waals surface area (Å²) in [7, 11) is 0. The number of halogens is 1. The van der Waals surface area contributed by atoms with Gasteiger partial charge in [-0.15, -0.1) is 21.5 Å². The Balaban J connectivity index is 1.15. The maximum Gasteiger partial charge on any atom is 0.233 e. The first-order chi connectivity index (χ1) is 19.7. The third-order valence-corrected chi connectivity index (χ3v) is 9.15. The summed E-state index contributed by atoms with van der Waals surface area (Å²) in [5, 5.41) is 12.2. The Hall–Kier alpha value is -3.43. The molecule has 1 aliphatic rings. The van der Waals surface area contributed by atoms with Crippen LogP contribution in [-0.2, 0) is 4.79 Å². The molecule has 0 radical (unpaired) electrons. The van der Waals surface area contributed by atoms with Crippen molar-refractivity contribution in [3.05, 3.63) is 119 Å². The van der Waals surface area contributed by atoms with E-state index in [4.69, 9.17) is 11.6 Å². The largest absolute Gasteiger partial charge is 0.339 e. The molecule has 3 heterocycles. The molecular weight excluding hydrogens is 558 g/mol. The number of benzene rings is 3. The van der Waals surface area contributed by atoms with Gasteiger partial charge in [0.05, 0.1) is 27.4 Å². The highest BCUT2D eigenvalue weighted by molar-refractivity contribution is 7.99. The summed E-state index contributed by atoms with van der Waals surface area (Å²) in [6.07, 6.45) is 0. The maximum absolute atomic E-state index is 13.3. The topological polar surface area (TPSA) is 54.3 Å². The van der Waals surface area contributed by atoms with Crippen LogP contribution >= 0.6 is 34.7 Å². The monoisotopic (exact) mass is 585 g/mol. The van der Waals surface area contributed by atoms with E-state index in [9.17, 15) is 4.79 Å². The van der Waals surface area contributed by atoms with Crippen molar-refractivity contribution in [2.45, 2.75) is 11.2 Å². The molecule has 0 atom stereocenters. The van der Waals surface area contributed by atoms with E-state index in [2.05, 4.69) is 75.8 Å². The van der Waals surface area contributed by atoms with Crippen LogP contribution in [0.25, 0.3) is 16.4 Å². The molecule has 0 N–H and O–H groups in total. The van der Waals surface area contributed by atoms with Crippen molar-refractivity contribution in [1.82, 2.24) is 24.6 Å². The molecule has 0 spiro atoms. The number of rotatable bonds is 8.